The lowest BCUT2D eigenvalue weighted by atomic mass is 10.0. The molecule has 1 atom stereocenters. The molecule has 0 amide bonds. The summed E-state index contributed by atoms with van der Waals surface area (Å²) in [4.78, 5) is 3.64. The second-order valence-corrected chi connectivity index (χ2v) is 6.54. The second-order valence-electron chi connectivity index (χ2n) is 6.13. The summed E-state index contributed by atoms with van der Waals surface area (Å²) < 4.78 is 49.5. The quantitative estimate of drug-likeness (QED) is 0.406. The lowest BCUT2D eigenvalue weighted by Crippen LogP contribution is -2.09. The molecule has 1 heterocycles. The summed E-state index contributed by atoms with van der Waals surface area (Å²) in [6, 6.07) is 18.2. The highest BCUT2D eigenvalue weighted by molar-refractivity contribution is 6.31. The second kappa shape index (κ2) is 8.89. The number of hydrogen-bond acceptors (Lipinski definition) is 4. The molecule has 3 aromatic rings. The van der Waals surface area contributed by atoms with Crippen molar-refractivity contribution in [1.29, 1.82) is 5.26 Å². The molecule has 2 aromatic carbocycles. The fourth-order valence-corrected chi connectivity index (χ4v) is 2.72. The van der Waals surface area contributed by atoms with Crippen LogP contribution in [-0.4, -0.2) is 4.98 Å². The zero-order valence-electron chi connectivity index (χ0n) is 15.4. The van der Waals surface area contributed by atoms with E-state index in [4.69, 9.17) is 21.1 Å². The third-order valence-corrected chi connectivity index (χ3v) is 4.26. The van der Waals surface area contributed by atoms with Crippen LogP contribution in [0.2, 0.25) is 5.02 Å². The van der Waals surface area contributed by atoms with Gasteiger partial charge in [0.1, 0.15) is 16.5 Å². The van der Waals surface area contributed by atoms with Crippen LogP contribution in [0.4, 0.5) is 13.2 Å². The van der Waals surface area contributed by atoms with E-state index in [0.717, 1.165) is 6.07 Å². The number of hydrogen-bond donors (Lipinski definition) is 0. The van der Waals surface area contributed by atoms with E-state index in [0.29, 0.717) is 23.3 Å². The molecule has 4 nitrogen and oxygen atoms in total. The lowest BCUT2D eigenvalue weighted by molar-refractivity contribution is -0.137. The average molecular weight is 431 g/mol. The van der Waals surface area contributed by atoms with Gasteiger partial charge in [0.05, 0.1) is 17.2 Å². The first kappa shape index (κ1) is 21.2. The molecule has 0 spiro atoms. The van der Waals surface area contributed by atoms with E-state index in [2.05, 4.69) is 11.6 Å². The topological polar surface area (TPSA) is 55.1 Å². The van der Waals surface area contributed by atoms with E-state index in [9.17, 15) is 18.4 Å². The van der Waals surface area contributed by atoms with Crippen molar-refractivity contribution in [2.24, 2.45) is 0 Å². The highest BCUT2D eigenvalue weighted by Gasteiger charge is 2.31. The predicted octanol–water partition coefficient (Wildman–Crippen LogP) is 6.75. The van der Waals surface area contributed by atoms with Gasteiger partial charge in [-0.2, -0.15) is 18.4 Å². The molecule has 8 heteroatoms. The Kier molecular flexibility index (Phi) is 6.28. The molecule has 0 aliphatic carbocycles. The number of alkyl halides is 3. The average Bonchev–Trinajstić information content (AvgIpc) is 2.73. The Morgan fingerprint density at radius 3 is 2.30 bits per heavy atom. The van der Waals surface area contributed by atoms with Crippen LogP contribution in [0.1, 0.15) is 17.2 Å². The molecule has 0 aliphatic rings. The van der Waals surface area contributed by atoms with Crippen molar-refractivity contribution in [2.45, 2.75) is 12.3 Å². The van der Waals surface area contributed by atoms with Crippen LogP contribution in [0.15, 0.2) is 79.0 Å². The number of aromatic nitrogens is 1. The molecule has 0 radical (unpaired) electrons. The lowest BCUT2D eigenvalue weighted by Gasteiger charge is -2.19. The predicted molar refractivity (Wildman–Crippen MR) is 105 cm³/mol. The van der Waals surface area contributed by atoms with Gasteiger partial charge in [0.2, 0.25) is 5.88 Å². The number of benzene rings is 2. The van der Waals surface area contributed by atoms with E-state index >= 15 is 0 Å². The summed E-state index contributed by atoms with van der Waals surface area (Å²) in [7, 11) is 0. The molecular formula is C22H14ClF3N2O2. The Morgan fingerprint density at radius 2 is 1.73 bits per heavy atom. The zero-order chi connectivity index (χ0) is 21.7. The van der Waals surface area contributed by atoms with Gasteiger partial charge in [0, 0.05) is 6.20 Å². The first-order valence-corrected chi connectivity index (χ1v) is 8.97. The maximum absolute atomic E-state index is 12.7. The Balaban J connectivity index is 1.79. The number of nitrogens with zero attached hydrogens (tertiary/aromatic N) is 2. The Labute approximate surface area is 175 Å². The summed E-state index contributed by atoms with van der Waals surface area (Å²) in [6.45, 7) is 3.74. The van der Waals surface area contributed by atoms with E-state index in [-0.39, 0.29) is 16.5 Å². The molecule has 1 unspecified atom stereocenters. The van der Waals surface area contributed by atoms with Gasteiger partial charge < -0.3 is 9.47 Å². The van der Waals surface area contributed by atoms with Crippen LogP contribution in [0.5, 0.6) is 17.4 Å². The SMILES string of the molecule is C=C(C#N)C(Oc1ccccc1)c1ccc(Oc2ncc(C(F)(F)F)cc2Cl)cc1. The van der Waals surface area contributed by atoms with Crippen molar-refractivity contribution in [3.05, 3.63) is 95.2 Å². The van der Waals surface area contributed by atoms with Crippen molar-refractivity contribution < 1.29 is 22.6 Å². The maximum atomic E-state index is 12.7. The van der Waals surface area contributed by atoms with Crippen LogP contribution >= 0.6 is 11.6 Å². The Morgan fingerprint density at radius 1 is 1.07 bits per heavy atom. The normalized spacial score (nSPS) is 12.0. The minimum absolute atomic E-state index is 0.157. The van der Waals surface area contributed by atoms with Crippen molar-refractivity contribution in [3.8, 4) is 23.4 Å². The third kappa shape index (κ3) is 5.10. The van der Waals surface area contributed by atoms with Crippen LogP contribution in [0, 0.1) is 11.3 Å². The molecule has 0 saturated carbocycles. The molecule has 0 bridgehead atoms. The number of ether oxygens (including phenoxy) is 2. The van der Waals surface area contributed by atoms with Crippen LogP contribution in [0.25, 0.3) is 0 Å². The van der Waals surface area contributed by atoms with Crippen molar-refractivity contribution in [1.82, 2.24) is 4.98 Å². The largest absolute Gasteiger partial charge is 0.480 e. The molecule has 0 N–H and O–H groups in total. The zero-order valence-corrected chi connectivity index (χ0v) is 16.1. The van der Waals surface area contributed by atoms with Gasteiger partial charge in [-0.15, -0.1) is 0 Å². The monoisotopic (exact) mass is 430 g/mol. The first-order chi connectivity index (χ1) is 14.3. The minimum Gasteiger partial charge on any atom is -0.480 e. The van der Waals surface area contributed by atoms with E-state index < -0.39 is 17.8 Å². The molecule has 3 rings (SSSR count). The smallest absolute Gasteiger partial charge is 0.417 e. The van der Waals surface area contributed by atoms with Gasteiger partial charge in [-0.05, 0) is 35.9 Å². The van der Waals surface area contributed by atoms with Gasteiger partial charge in [-0.3, -0.25) is 0 Å². The summed E-state index contributed by atoms with van der Waals surface area (Å²) in [5.41, 5.74) is -0.115. The van der Waals surface area contributed by atoms with Crippen LogP contribution in [0.3, 0.4) is 0 Å². The van der Waals surface area contributed by atoms with Gasteiger partial charge in [0.15, 0.2) is 6.10 Å². The van der Waals surface area contributed by atoms with Crippen LogP contribution < -0.4 is 9.47 Å². The number of nitriles is 1. The molecule has 152 valence electrons. The van der Waals surface area contributed by atoms with Crippen molar-refractivity contribution in [3.63, 3.8) is 0 Å². The minimum atomic E-state index is -4.55. The molecule has 30 heavy (non-hydrogen) atoms. The highest BCUT2D eigenvalue weighted by atomic mass is 35.5. The third-order valence-electron chi connectivity index (χ3n) is 3.99. The van der Waals surface area contributed by atoms with Crippen molar-refractivity contribution >= 4 is 11.6 Å². The first-order valence-electron chi connectivity index (χ1n) is 8.59. The van der Waals surface area contributed by atoms with Gasteiger partial charge in [0.25, 0.3) is 0 Å². The fourth-order valence-electron chi connectivity index (χ4n) is 2.51. The number of pyridine rings is 1. The Hall–Kier alpha value is -3.50. The molecular weight excluding hydrogens is 417 g/mol. The van der Waals surface area contributed by atoms with E-state index in [1.54, 1.807) is 48.5 Å². The highest BCUT2D eigenvalue weighted by Crippen LogP contribution is 2.35. The summed E-state index contributed by atoms with van der Waals surface area (Å²) >= 11 is 5.86. The van der Waals surface area contributed by atoms with E-state index in [1.807, 2.05) is 12.1 Å². The fraction of sp³-hybridized carbons (Fsp3) is 0.0909. The van der Waals surface area contributed by atoms with Crippen molar-refractivity contribution in [2.75, 3.05) is 0 Å². The van der Waals surface area contributed by atoms with E-state index in [1.165, 1.54) is 0 Å². The summed E-state index contributed by atoms with van der Waals surface area (Å²) in [6.07, 6.45) is -4.61. The molecule has 1 aromatic heterocycles. The number of rotatable bonds is 6. The number of halogens is 4. The molecule has 0 aliphatic heterocycles. The van der Waals surface area contributed by atoms with Gasteiger partial charge in [-0.25, -0.2) is 4.98 Å². The standard InChI is InChI=1S/C22H14ClF3N2O2/c1-14(12-27)20(29-17-5-3-2-4-6-17)15-7-9-18(10-8-15)30-21-19(23)11-16(13-28-21)22(24,25)26/h2-11,13,20H,1H2. The number of para-hydroxylation sites is 1. The maximum Gasteiger partial charge on any atom is 0.417 e. The summed E-state index contributed by atoms with van der Waals surface area (Å²) in [5.74, 6) is 0.713. The van der Waals surface area contributed by atoms with Gasteiger partial charge >= 0.3 is 6.18 Å². The summed E-state index contributed by atoms with van der Waals surface area (Å²) in [5, 5.41) is 8.98. The van der Waals surface area contributed by atoms with Gasteiger partial charge in [-0.1, -0.05) is 48.5 Å². The molecule has 0 fully saturated rings. The van der Waals surface area contributed by atoms with Crippen LogP contribution in [-0.2, 0) is 6.18 Å². The Bertz CT molecular complexity index is 1080. The molecule has 0 saturated heterocycles.